The summed E-state index contributed by atoms with van der Waals surface area (Å²) in [5.74, 6) is 0. The predicted octanol–water partition coefficient (Wildman–Crippen LogP) is 3.00. The molecule has 0 bridgehead atoms. The Labute approximate surface area is 95.4 Å². The maximum atomic E-state index is 5.56. The largest absolute Gasteiger partial charge is 0.382 e. The van der Waals surface area contributed by atoms with E-state index in [4.69, 9.17) is 4.74 Å². The minimum atomic E-state index is 0.405. The number of rotatable bonds is 4. The summed E-state index contributed by atoms with van der Waals surface area (Å²) < 4.78 is 5.56. The number of nitrogens with one attached hydrogen (secondary N) is 1. The van der Waals surface area contributed by atoms with Crippen molar-refractivity contribution in [2.45, 2.75) is 23.8 Å². The SMILES string of the molecule is CSc1cccc(NCC2CCCO2)c1. The molecule has 1 aliphatic heterocycles. The van der Waals surface area contributed by atoms with Crippen LogP contribution in [0.2, 0.25) is 0 Å². The van der Waals surface area contributed by atoms with Gasteiger partial charge in [0.05, 0.1) is 6.10 Å². The van der Waals surface area contributed by atoms with Crippen LogP contribution in [0.1, 0.15) is 12.8 Å². The Bertz CT molecular complexity index is 310. The molecule has 1 aliphatic rings. The van der Waals surface area contributed by atoms with E-state index < -0.39 is 0 Å². The third-order valence-corrected chi connectivity index (χ3v) is 3.35. The van der Waals surface area contributed by atoms with E-state index in [9.17, 15) is 0 Å². The molecular formula is C12H17NOS. The molecule has 0 spiro atoms. The highest BCUT2D eigenvalue weighted by molar-refractivity contribution is 7.98. The minimum absolute atomic E-state index is 0.405. The summed E-state index contributed by atoms with van der Waals surface area (Å²) in [6.45, 7) is 1.86. The van der Waals surface area contributed by atoms with Crippen LogP contribution < -0.4 is 5.32 Å². The van der Waals surface area contributed by atoms with E-state index in [-0.39, 0.29) is 0 Å². The molecule has 1 atom stereocenters. The Balaban J connectivity index is 1.86. The molecule has 1 saturated heterocycles. The number of anilines is 1. The summed E-state index contributed by atoms with van der Waals surface area (Å²) >= 11 is 1.77. The van der Waals surface area contributed by atoms with Crippen LogP contribution in [0.5, 0.6) is 0 Å². The van der Waals surface area contributed by atoms with Gasteiger partial charge in [0, 0.05) is 23.7 Å². The highest BCUT2D eigenvalue weighted by Crippen LogP contribution is 2.19. The van der Waals surface area contributed by atoms with Gasteiger partial charge in [-0.05, 0) is 37.3 Å². The summed E-state index contributed by atoms with van der Waals surface area (Å²) in [5.41, 5.74) is 1.19. The van der Waals surface area contributed by atoms with E-state index in [1.807, 2.05) is 0 Å². The molecule has 1 aromatic carbocycles. The van der Waals surface area contributed by atoms with Crippen molar-refractivity contribution in [3.8, 4) is 0 Å². The normalized spacial score (nSPS) is 20.5. The molecule has 1 heterocycles. The molecule has 1 fully saturated rings. The molecule has 0 aliphatic carbocycles. The van der Waals surface area contributed by atoms with Gasteiger partial charge in [-0.1, -0.05) is 6.07 Å². The van der Waals surface area contributed by atoms with Crippen molar-refractivity contribution in [2.75, 3.05) is 24.7 Å². The van der Waals surface area contributed by atoms with Gasteiger partial charge in [-0.15, -0.1) is 11.8 Å². The number of ether oxygens (including phenoxy) is 1. The van der Waals surface area contributed by atoms with Crippen LogP contribution >= 0.6 is 11.8 Å². The second kappa shape index (κ2) is 5.42. The zero-order valence-electron chi connectivity index (χ0n) is 9.03. The standard InChI is InChI=1S/C12H17NOS/c1-15-12-6-2-4-10(8-12)13-9-11-5-3-7-14-11/h2,4,6,8,11,13H,3,5,7,9H2,1H3. The van der Waals surface area contributed by atoms with E-state index in [1.54, 1.807) is 11.8 Å². The Kier molecular flexibility index (Phi) is 3.92. The first kappa shape index (κ1) is 10.8. The molecule has 82 valence electrons. The lowest BCUT2D eigenvalue weighted by Crippen LogP contribution is -2.18. The molecule has 0 radical (unpaired) electrons. The maximum absolute atomic E-state index is 5.56. The number of hydrogen-bond donors (Lipinski definition) is 1. The smallest absolute Gasteiger partial charge is 0.0748 e. The quantitative estimate of drug-likeness (QED) is 0.793. The number of benzene rings is 1. The molecule has 0 saturated carbocycles. The predicted molar refractivity (Wildman–Crippen MR) is 65.7 cm³/mol. The van der Waals surface area contributed by atoms with Gasteiger partial charge in [0.1, 0.15) is 0 Å². The molecule has 0 aromatic heterocycles. The fraction of sp³-hybridized carbons (Fsp3) is 0.500. The van der Waals surface area contributed by atoms with Crippen LogP contribution in [0, 0.1) is 0 Å². The maximum Gasteiger partial charge on any atom is 0.0748 e. The van der Waals surface area contributed by atoms with Gasteiger partial charge in [-0.3, -0.25) is 0 Å². The Morgan fingerprint density at radius 1 is 1.53 bits per heavy atom. The second-order valence-corrected chi connectivity index (χ2v) is 4.63. The summed E-state index contributed by atoms with van der Waals surface area (Å²) in [6.07, 6.45) is 4.90. The Hall–Kier alpha value is -0.670. The van der Waals surface area contributed by atoms with Crippen LogP contribution in [0.4, 0.5) is 5.69 Å². The van der Waals surface area contributed by atoms with E-state index in [2.05, 4.69) is 35.8 Å². The molecule has 1 unspecified atom stereocenters. The van der Waals surface area contributed by atoms with E-state index in [0.717, 1.165) is 13.2 Å². The fourth-order valence-electron chi connectivity index (χ4n) is 1.77. The highest BCUT2D eigenvalue weighted by Gasteiger charge is 2.14. The lowest BCUT2D eigenvalue weighted by atomic mass is 10.2. The van der Waals surface area contributed by atoms with Crippen LogP contribution in [0.3, 0.4) is 0 Å². The third-order valence-electron chi connectivity index (χ3n) is 2.63. The average Bonchev–Trinajstić information content (AvgIpc) is 2.79. The van der Waals surface area contributed by atoms with Gasteiger partial charge in [-0.2, -0.15) is 0 Å². The average molecular weight is 223 g/mol. The second-order valence-electron chi connectivity index (χ2n) is 3.75. The number of thioether (sulfide) groups is 1. The molecular weight excluding hydrogens is 206 g/mol. The van der Waals surface area contributed by atoms with Crippen molar-refractivity contribution < 1.29 is 4.74 Å². The van der Waals surface area contributed by atoms with Crippen molar-refractivity contribution in [1.29, 1.82) is 0 Å². The molecule has 1 aromatic rings. The topological polar surface area (TPSA) is 21.3 Å². The summed E-state index contributed by atoms with van der Waals surface area (Å²) in [6, 6.07) is 8.50. The highest BCUT2D eigenvalue weighted by atomic mass is 32.2. The van der Waals surface area contributed by atoms with Gasteiger partial charge < -0.3 is 10.1 Å². The van der Waals surface area contributed by atoms with Gasteiger partial charge >= 0.3 is 0 Å². The molecule has 0 amide bonds. The number of hydrogen-bond acceptors (Lipinski definition) is 3. The fourth-order valence-corrected chi connectivity index (χ4v) is 2.23. The lowest BCUT2D eigenvalue weighted by Gasteiger charge is -2.12. The lowest BCUT2D eigenvalue weighted by molar-refractivity contribution is 0.120. The zero-order valence-corrected chi connectivity index (χ0v) is 9.85. The van der Waals surface area contributed by atoms with Crippen molar-refractivity contribution in [2.24, 2.45) is 0 Å². The van der Waals surface area contributed by atoms with E-state index in [0.29, 0.717) is 6.10 Å². The Morgan fingerprint density at radius 3 is 3.20 bits per heavy atom. The molecule has 3 heteroatoms. The van der Waals surface area contributed by atoms with Crippen molar-refractivity contribution >= 4 is 17.4 Å². The van der Waals surface area contributed by atoms with E-state index in [1.165, 1.54) is 23.4 Å². The van der Waals surface area contributed by atoms with E-state index >= 15 is 0 Å². The monoisotopic (exact) mass is 223 g/mol. The summed E-state index contributed by atoms with van der Waals surface area (Å²) in [4.78, 5) is 1.30. The van der Waals surface area contributed by atoms with Crippen LogP contribution in [-0.4, -0.2) is 25.5 Å². The third kappa shape index (κ3) is 3.14. The minimum Gasteiger partial charge on any atom is -0.382 e. The van der Waals surface area contributed by atoms with Gasteiger partial charge in [-0.25, -0.2) is 0 Å². The van der Waals surface area contributed by atoms with Gasteiger partial charge in [0.25, 0.3) is 0 Å². The zero-order chi connectivity index (χ0) is 10.5. The van der Waals surface area contributed by atoms with Gasteiger partial charge in [0.15, 0.2) is 0 Å². The summed E-state index contributed by atoms with van der Waals surface area (Å²) in [5, 5.41) is 3.42. The summed E-state index contributed by atoms with van der Waals surface area (Å²) in [7, 11) is 0. The first-order chi connectivity index (χ1) is 7.38. The van der Waals surface area contributed by atoms with Crippen molar-refractivity contribution in [1.82, 2.24) is 0 Å². The first-order valence-electron chi connectivity index (χ1n) is 5.38. The molecule has 1 N–H and O–H groups in total. The van der Waals surface area contributed by atoms with Crippen LogP contribution in [0.25, 0.3) is 0 Å². The van der Waals surface area contributed by atoms with Gasteiger partial charge in [0.2, 0.25) is 0 Å². The van der Waals surface area contributed by atoms with Crippen molar-refractivity contribution in [3.05, 3.63) is 24.3 Å². The molecule has 15 heavy (non-hydrogen) atoms. The molecule has 2 nitrogen and oxygen atoms in total. The van der Waals surface area contributed by atoms with Crippen molar-refractivity contribution in [3.63, 3.8) is 0 Å². The first-order valence-corrected chi connectivity index (χ1v) is 6.60. The Morgan fingerprint density at radius 2 is 2.47 bits per heavy atom. The van der Waals surface area contributed by atoms with Crippen LogP contribution in [0.15, 0.2) is 29.2 Å². The molecule has 2 rings (SSSR count). The van der Waals surface area contributed by atoms with Crippen LogP contribution in [-0.2, 0) is 4.74 Å².